The number of allylic oxidation sites excluding steroid dienone is 1. The highest BCUT2D eigenvalue weighted by Gasteiger charge is 2.36. The van der Waals surface area contributed by atoms with Crippen molar-refractivity contribution in [3.05, 3.63) is 53.0 Å². The topological polar surface area (TPSA) is 91.3 Å². The third-order valence-corrected chi connectivity index (χ3v) is 7.97. The lowest BCUT2D eigenvalue weighted by Gasteiger charge is -2.37. The third-order valence-electron chi connectivity index (χ3n) is 5.81. The molecule has 30 heavy (non-hydrogen) atoms. The van der Waals surface area contributed by atoms with Crippen molar-refractivity contribution < 1.29 is 12.8 Å². The fraction of sp³-hybridized carbons (Fsp3) is 0.450. The number of hydrogen-bond donors (Lipinski definition) is 1. The lowest BCUT2D eigenvalue weighted by Crippen LogP contribution is -2.43. The van der Waals surface area contributed by atoms with Crippen molar-refractivity contribution in [2.75, 3.05) is 13.1 Å². The highest BCUT2D eigenvalue weighted by molar-refractivity contribution is 7.89. The molecule has 2 aromatic rings. The molecule has 1 fully saturated rings. The molecule has 4 rings (SSSR count). The number of pyridine rings is 1. The third kappa shape index (κ3) is 4.19. The Morgan fingerprint density at radius 2 is 2.10 bits per heavy atom. The number of halogens is 2. The number of piperidine rings is 1. The number of rotatable bonds is 4. The zero-order valence-electron chi connectivity index (χ0n) is 16.6. The number of nitrogens with one attached hydrogen (secondary N) is 1. The summed E-state index contributed by atoms with van der Waals surface area (Å²) in [6.07, 6.45) is 6.97. The van der Waals surface area contributed by atoms with Crippen LogP contribution in [0.5, 0.6) is 0 Å². The lowest BCUT2D eigenvalue weighted by atomic mass is 9.80. The standard InChI is InChI=1S/C20H23ClFN5O2S/c1-13-12-27(30(28,29)15-10-24-25-11-15)8-7-16(13)17-3-2-4-19(26-20(17)21)18-6-5-14(22)9-23-18/h5-6,9-11,13,16H,2-4,7-8,12H2,1H3,(H,24,25)/t13-,16+/m0/s1. The molecule has 160 valence electrons. The molecule has 7 nitrogen and oxygen atoms in total. The summed E-state index contributed by atoms with van der Waals surface area (Å²) in [4.78, 5) is 8.91. The molecule has 2 aliphatic heterocycles. The van der Waals surface area contributed by atoms with Crippen LogP contribution < -0.4 is 0 Å². The second-order valence-electron chi connectivity index (χ2n) is 7.76. The minimum atomic E-state index is -3.55. The Labute approximate surface area is 180 Å². The van der Waals surface area contributed by atoms with E-state index in [-0.39, 0.29) is 22.5 Å². The van der Waals surface area contributed by atoms with E-state index in [4.69, 9.17) is 11.6 Å². The summed E-state index contributed by atoms with van der Waals surface area (Å²) >= 11 is 6.62. The zero-order valence-corrected chi connectivity index (χ0v) is 18.1. The van der Waals surface area contributed by atoms with E-state index in [1.54, 1.807) is 6.07 Å². The van der Waals surface area contributed by atoms with Crippen molar-refractivity contribution in [3.63, 3.8) is 0 Å². The molecule has 0 aromatic carbocycles. The summed E-state index contributed by atoms with van der Waals surface area (Å²) < 4.78 is 40.3. The molecular formula is C20H23ClFN5O2S. The van der Waals surface area contributed by atoms with Gasteiger partial charge in [-0.1, -0.05) is 18.5 Å². The van der Waals surface area contributed by atoms with Gasteiger partial charge in [0.05, 0.1) is 23.8 Å². The van der Waals surface area contributed by atoms with Gasteiger partial charge in [-0.05, 0) is 55.2 Å². The van der Waals surface area contributed by atoms with Crippen molar-refractivity contribution in [1.82, 2.24) is 19.5 Å². The van der Waals surface area contributed by atoms with Crippen LogP contribution in [0, 0.1) is 17.7 Å². The molecule has 0 unspecified atom stereocenters. The number of aliphatic imine (C=N–C) groups is 1. The van der Waals surface area contributed by atoms with Crippen LogP contribution in [0.15, 0.2) is 51.3 Å². The second-order valence-corrected chi connectivity index (χ2v) is 10.1. The number of hydrogen-bond acceptors (Lipinski definition) is 5. The van der Waals surface area contributed by atoms with Gasteiger partial charge in [-0.2, -0.15) is 9.40 Å². The Bertz CT molecular complexity index is 1070. The maximum absolute atomic E-state index is 13.2. The average molecular weight is 452 g/mol. The van der Waals surface area contributed by atoms with Gasteiger partial charge < -0.3 is 0 Å². The first-order chi connectivity index (χ1) is 14.4. The van der Waals surface area contributed by atoms with Crippen molar-refractivity contribution in [1.29, 1.82) is 0 Å². The van der Waals surface area contributed by atoms with Crippen LogP contribution in [-0.4, -0.2) is 46.7 Å². The van der Waals surface area contributed by atoms with Crippen molar-refractivity contribution in [2.45, 2.75) is 37.5 Å². The summed E-state index contributed by atoms with van der Waals surface area (Å²) in [5, 5.41) is 6.77. The molecule has 10 heteroatoms. The quantitative estimate of drug-likeness (QED) is 0.717. The van der Waals surface area contributed by atoms with E-state index in [2.05, 4.69) is 27.1 Å². The molecule has 0 aliphatic carbocycles. The van der Waals surface area contributed by atoms with Crippen molar-refractivity contribution >= 4 is 27.3 Å². The number of H-pyrrole nitrogens is 1. The Morgan fingerprint density at radius 1 is 1.27 bits per heavy atom. The first kappa shape index (κ1) is 21.1. The van der Waals surface area contributed by atoms with E-state index in [0.717, 1.165) is 24.1 Å². The maximum atomic E-state index is 13.2. The summed E-state index contributed by atoms with van der Waals surface area (Å²) in [6.45, 7) is 2.89. The molecule has 2 aromatic heterocycles. The Kier molecular flexibility index (Phi) is 6.04. The van der Waals surface area contributed by atoms with Crippen molar-refractivity contribution in [2.24, 2.45) is 16.8 Å². The van der Waals surface area contributed by atoms with Crippen LogP contribution in [0.3, 0.4) is 0 Å². The van der Waals surface area contributed by atoms with E-state index in [0.29, 0.717) is 36.8 Å². The summed E-state index contributed by atoms with van der Waals surface area (Å²) in [5.41, 5.74) is 2.45. The van der Waals surface area contributed by atoms with Gasteiger partial charge in [0.25, 0.3) is 0 Å². The molecule has 0 spiro atoms. The molecule has 0 saturated carbocycles. The van der Waals surface area contributed by atoms with Crippen LogP contribution in [0.1, 0.15) is 38.3 Å². The highest BCUT2D eigenvalue weighted by atomic mass is 35.5. The molecule has 2 aliphatic rings. The molecule has 1 saturated heterocycles. The molecule has 2 atom stereocenters. The average Bonchev–Trinajstić information content (AvgIpc) is 3.20. The van der Waals surface area contributed by atoms with Gasteiger partial charge in [-0.3, -0.25) is 10.1 Å². The number of sulfonamides is 1. The Morgan fingerprint density at radius 3 is 2.77 bits per heavy atom. The van der Waals surface area contributed by atoms with Crippen molar-refractivity contribution in [3.8, 4) is 0 Å². The van der Waals surface area contributed by atoms with E-state index < -0.39 is 10.0 Å². The summed E-state index contributed by atoms with van der Waals surface area (Å²) in [7, 11) is -3.55. The van der Waals surface area contributed by atoms with Gasteiger partial charge >= 0.3 is 0 Å². The van der Waals surface area contributed by atoms with Crippen LogP contribution in [-0.2, 0) is 10.0 Å². The SMILES string of the molecule is C[C@H]1CN(S(=O)(=O)c2cn[nH]c2)CC[C@H]1C1=C(Cl)N=C(c2ccc(F)cn2)CCC1. The lowest BCUT2D eigenvalue weighted by molar-refractivity contribution is 0.220. The molecule has 4 heterocycles. The van der Waals surface area contributed by atoms with Gasteiger partial charge in [0.15, 0.2) is 0 Å². The highest BCUT2D eigenvalue weighted by Crippen LogP contribution is 2.38. The summed E-state index contributed by atoms with van der Waals surface area (Å²) in [6, 6.07) is 2.98. The molecule has 0 bridgehead atoms. The minimum absolute atomic E-state index is 0.102. The normalized spacial score (nSPS) is 23.9. The van der Waals surface area contributed by atoms with Gasteiger partial charge in [-0.15, -0.1) is 0 Å². The molecule has 1 N–H and O–H groups in total. The Hall–Kier alpha value is -2.10. The van der Waals surface area contributed by atoms with E-state index >= 15 is 0 Å². The van der Waals surface area contributed by atoms with E-state index in [9.17, 15) is 12.8 Å². The number of nitrogens with zero attached hydrogens (tertiary/aromatic N) is 4. The molecule has 0 amide bonds. The first-order valence-corrected chi connectivity index (χ1v) is 11.7. The molecule has 0 radical (unpaired) electrons. The largest absolute Gasteiger partial charge is 0.284 e. The van der Waals surface area contributed by atoms with Gasteiger partial charge in [0.1, 0.15) is 15.9 Å². The maximum Gasteiger partial charge on any atom is 0.246 e. The second kappa shape index (κ2) is 8.56. The fourth-order valence-electron chi connectivity index (χ4n) is 4.24. The fourth-order valence-corrected chi connectivity index (χ4v) is 6.04. The zero-order chi connectivity index (χ0) is 21.3. The van der Waals surface area contributed by atoms with E-state index in [1.165, 1.54) is 29.0 Å². The van der Waals surface area contributed by atoms with Crippen LogP contribution >= 0.6 is 11.6 Å². The van der Waals surface area contributed by atoms with Crippen LogP contribution in [0.4, 0.5) is 4.39 Å². The van der Waals surface area contributed by atoms with Crippen LogP contribution in [0.2, 0.25) is 0 Å². The van der Waals surface area contributed by atoms with Crippen LogP contribution in [0.25, 0.3) is 0 Å². The minimum Gasteiger partial charge on any atom is -0.284 e. The summed E-state index contributed by atoms with van der Waals surface area (Å²) in [5.74, 6) is -0.122. The monoisotopic (exact) mass is 451 g/mol. The predicted molar refractivity (Wildman–Crippen MR) is 112 cm³/mol. The predicted octanol–water partition coefficient (Wildman–Crippen LogP) is 3.71. The van der Waals surface area contributed by atoms with Gasteiger partial charge in [0, 0.05) is 19.3 Å². The first-order valence-electron chi connectivity index (χ1n) is 9.93. The van der Waals surface area contributed by atoms with Gasteiger partial charge in [-0.25, -0.2) is 17.8 Å². The number of aromatic nitrogens is 3. The molecular weight excluding hydrogens is 429 g/mol. The van der Waals surface area contributed by atoms with Gasteiger partial charge in [0.2, 0.25) is 10.0 Å². The number of aromatic amines is 1. The smallest absolute Gasteiger partial charge is 0.246 e. The van der Waals surface area contributed by atoms with E-state index in [1.807, 2.05) is 0 Å². The Balaban J connectivity index is 1.54.